The van der Waals surface area contributed by atoms with Crippen molar-refractivity contribution in [2.75, 3.05) is 25.1 Å². The van der Waals surface area contributed by atoms with Gasteiger partial charge in [-0.1, -0.05) is 23.7 Å². The number of rotatable bonds is 6. The molecule has 0 unspecified atom stereocenters. The first kappa shape index (κ1) is 21.2. The first-order chi connectivity index (χ1) is 14.5. The Morgan fingerprint density at radius 2 is 1.77 bits per heavy atom. The number of aromatic nitrogens is 1. The number of piperidine rings is 1. The zero-order chi connectivity index (χ0) is 21.1. The number of thiazole rings is 1. The summed E-state index contributed by atoms with van der Waals surface area (Å²) in [4.78, 5) is 7.32. The Hall–Kier alpha value is -2.09. The lowest BCUT2D eigenvalue weighted by Gasteiger charge is -2.31. The van der Waals surface area contributed by atoms with Crippen molar-refractivity contribution < 1.29 is 13.2 Å². The van der Waals surface area contributed by atoms with Gasteiger partial charge in [0, 0.05) is 29.9 Å². The normalized spacial score (nSPS) is 15.3. The summed E-state index contributed by atoms with van der Waals surface area (Å²) in [6.45, 7) is 1.37. The first-order valence-corrected chi connectivity index (χ1v) is 12.6. The van der Waals surface area contributed by atoms with Gasteiger partial charge in [0.25, 0.3) is 0 Å². The van der Waals surface area contributed by atoms with Crippen LogP contribution in [-0.2, 0) is 16.3 Å². The fraction of sp³-hybridized carbons (Fsp3) is 0.318. The maximum atomic E-state index is 12.9. The summed E-state index contributed by atoms with van der Waals surface area (Å²) in [6.07, 6.45) is 1.96. The van der Waals surface area contributed by atoms with E-state index in [2.05, 4.69) is 10.3 Å². The average Bonchev–Trinajstić information content (AvgIpc) is 3.23. The van der Waals surface area contributed by atoms with Crippen molar-refractivity contribution in [3.8, 4) is 5.75 Å². The Bertz CT molecular complexity index is 1090. The highest BCUT2D eigenvalue weighted by molar-refractivity contribution is 7.92. The van der Waals surface area contributed by atoms with E-state index in [1.807, 2.05) is 24.3 Å². The Kier molecular flexibility index (Phi) is 6.32. The molecule has 8 heteroatoms. The van der Waals surface area contributed by atoms with Crippen molar-refractivity contribution in [2.24, 2.45) is 0 Å². The third kappa shape index (κ3) is 4.63. The molecule has 0 spiro atoms. The minimum absolute atomic E-state index is 0.348. The van der Waals surface area contributed by atoms with E-state index in [4.69, 9.17) is 21.3 Å². The molecule has 1 saturated heterocycles. The molecule has 3 aromatic rings. The number of methoxy groups -OCH3 is 1. The second-order valence-electron chi connectivity index (χ2n) is 7.33. The van der Waals surface area contributed by atoms with Crippen LogP contribution >= 0.6 is 22.9 Å². The highest BCUT2D eigenvalue weighted by Crippen LogP contribution is 2.30. The third-order valence-electron chi connectivity index (χ3n) is 5.38. The van der Waals surface area contributed by atoms with Gasteiger partial charge in [-0.2, -0.15) is 0 Å². The molecule has 0 N–H and O–H groups in total. The molecular formula is C22H23ClN2O3S2. The second kappa shape index (κ2) is 8.96. The number of nitrogens with zero attached hydrogens (tertiary/aromatic N) is 2. The standard InChI is InChI=1S/C22H23ClN2O3S2/c1-28-19-6-2-16(3-7-19)14-18-15-29-22(24-18)25-12-10-21(11-13-25)30(26,27)20-8-4-17(23)5-9-20/h2-9,15,21H,10-14H2,1H3. The Balaban J connectivity index is 1.38. The molecular weight excluding hydrogens is 440 g/mol. The van der Waals surface area contributed by atoms with E-state index in [1.54, 1.807) is 42.7 Å². The average molecular weight is 463 g/mol. The molecule has 158 valence electrons. The van der Waals surface area contributed by atoms with Gasteiger partial charge < -0.3 is 9.64 Å². The van der Waals surface area contributed by atoms with Gasteiger partial charge in [0.15, 0.2) is 15.0 Å². The molecule has 1 aliphatic heterocycles. The summed E-state index contributed by atoms with van der Waals surface area (Å²) >= 11 is 7.50. The van der Waals surface area contributed by atoms with Crippen molar-refractivity contribution in [3.05, 3.63) is 70.2 Å². The van der Waals surface area contributed by atoms with E-state index in [0.717, 1.165) is 23.0 Å². The smallest absolute Gasteiger partial charge is 0.185 e. The summed E-state index contributed by atoms with van der Waals surface area (Å²) in [7, 11) is -1.68. The van der Waals surface area contributed by atoms with Crippen LogP contribution in [0.3, 0.4) is 0 Å². The van der Waals surface area contributed by atoms with E-state index >= 15 is 0 Å². The molecule has 0 atom stereocenters. The van der Waals surface area contributed by atoms with Crippen LogP contribution in [0.2, 0.25) is 5.02 Å². The molecule has 4 rings (SSSR count). The topological polar surface area (TPSA) is 59.5 Å². The molecule has 0 saturated carbocycles. The SMILES string of the molecule is COc1ccc(Cc2csc(N3CCC(S(=O)(=O)c4ccc(Cl)cc4)CC3)n2)cc1. The molecule has 0 bridgehead atoms. The maximum Gasteiger partial charge on any atom is 0.185 e. The van der Waals surface area contributed by atoms with Gasteiger partial charge in [-0.05, 0) is 54.8 Å². The fourth-order valence-electron chi connectivity index (χ4n) is 3.65. The summed E-state index contributed by atoms with van der Waals surface area (Å²) in [5.74, 6) is 0.842. The monoisotopic (exact) mass is 462 g/mol. The van der Waals surface area contributed by atoms with E-state index in [0.29, 0.717) is 35.8 Å². The van der Waals surface area contributed by atoms with Crippen LogP contribution in [0.15, 0.2) is 58.8 Å². The third-order valence-corrected chi connectivity index (χ3v) is 8.86. The molecule has 2 aromatic carbocycles. The lowest BCUT2D eigenvalue weighted by atomic mass is 10.1. The number of ether oxygens (including phenoxy) is 1. The van der Waals surface area contributed by atoms with Gasteiger partial charge in [0.05, 0.1) is 22.9 Å². The highest BCUT2D eigenvalue weighted by Gasteiger charge is 2.32. The highest BCUT2D eigenvalue weighted by atomic mass is 35.5. The second-order valence-corrected chi connectivity index (χ2v) is 10.8. The predicted molar refractivity (Wildman–Crippen MR) is 122 cm³/mol. The van der Waals surface area contributed by atoms with Crippen molar-refractivity contribution in [3.63, 3.8) is 0 Å². The van der Waals surface area contributed by atoms with Crippen LogP contribution in [-0.4, -0.2) is 38.9 Å². The quantitative estimate of drug-likeness (QED) is 0.524. The Morgan fingerprint density at radius 1 is 1.10 bits per heavy atom. The fourth-order valence-corrected chi connectivity index (χ4v) is 6.39. The number of sulfone groups is 1. The van der Waals surface area contributed by atoms with Gasteiger partial charge in [-0.3, -0.25) is 0 Å². The number of hydrogen-bond acceptors (Lipinski definition) is 6. The summed E-state index contributed by atoms with van der Waals surface area (Å²) in [5, 5.41) is 3.21. The van der Waals surface area contributed by atoms with Crippen molar-refractivity contribution in [1.82, 2.24) is 4.98 Å². The Morgan fingerprint density at radius 3 is 2.40 bits per heavy atom. The van der Waals surface area contributed by atoms with Crippen LogP contribution in [0, 0.1) is 0 Å². The molecule has 5 nitrogen and oxygen atoms in total. The minimum atomic E-state index is -3.34. The first-order valence-electron chi connectivity index (χ1n) is 9.77. The van der Waals surface area contributed by atoms with E-state index < -0.39 is 9.84 Å². The van der Waals surface area contributed by atoms with Crippen molar-refractivity contribution in [2.45, 2.75) is 29.4 Å². The number of hydrogen-bond donors (Lipinski definition) is 0. The van der Waals surface area contributed by atoms with Gasteiger partial charge >= 0.3 is 0 Å². The van der Waals surface area contributed by atoms with Gasteiger partial charge in [0.2, 0.25) is 0 Å². The summed E-state index contributed by atoms with van der Waals surface area (Å²) in [6, 6.07) is 14.4. The summed E-state index contributed by atoms with van der Waals surface area (Å²) in [5.41, 5.74) is 2.21. The van der Waals surface area contributed by atoms with Gasteiger partial charge in [-0.25, -0.2) is 13.4 Å². The molecule has 0 amide bonds. The molecule has 30 heavy (non-hydrogen) atoms. The summed E-state index contributed by atoms with van der Waals surface area (Å²) < 4.78 is 31.0. The van der Waals surface area contributed by atoms with Crippen molar-refractivity contribution in [1.29, 1.82) is 0 Å². The zero-order valence-corrected chi connectivity index (χ0v) is 19.0. The van der Waals surface area contributed by atoms with Crippen LogP contribution in [0.5, 0.6) is 5.75 Å². The molecule has 1 aromatic heterocycles. The molecule has 1 fully saturated rings. The maximum absolute atomic E-state index is 12.9. The van der Waals surface area contributed by atoms with E-state index in [9.17, 15) is 8.42 Å². The molecule has 0 aliphatic carbocycles. The number of halogens is 1. The number of benzene rings is 2. The lowest BCUT2D eigenvalue weighted by molar-refractivity contribution is 0.414. The molecule has 2 heterocycles. The molecule has 1 aliphatic rings. The van der Waals surface area contributed by atoms with Crippen molar-refractivity contribution >= 4 is 37.9 Å². The lowest BCUT2D eigenvalue weighted by Crippen LogP contribution is -2.39. The van der Waals surface area contributed by atoms with Crippen LogP contribution < -0.4 is 9.64 Å². The number of anilines is 1. The molecule has 0 radical (unpaired) electrons. The minimum Gasteiger partial charge on any atom is -0.497 e. The Labute approximate surface area is 186 Å². The predicted octanol–water partition coefficient (Wildman–Crippen LogP) is 4.84. The van der Waals surface area contributed by atoms with Crippen LogP contribution in [0.25, 0.3) is 0 Å². The largest absolute Gasteiger partial charge is 0.497 e. The van der Waals surface area contributed by atoms with E-state index in [1.165, 1.54) is 5.56 Å². The zero-order valence-electron chi connectivity index (χ0n) is 16.6. The van der Waals surface area contributed by atoms with Crippen LogP contribution in [0.1, 0.15) is 24.1 Å². The van der Waals surface area contributed by atoms with Gasteiger partial charge in [-0.15, -0.1) is 11.3 Å². The van der Waals surface area contributed by atoms with Crippen LogP contribution in [0.4, 0.5) is 5.13 Å². The van der Waals surface area contributed by atoms with E-state index in [-0.39, 0.29) is 5.25 Å². The van der Waals surface area contributed by atoms with Gasteiger partial charge in [0.1, 0.15) is 5.75 Å².